The van der Waals surface area contributed by atoms with Gasteiger partial charge >= 0.3 is 0 Å². The quantitative estimate of drug-likeness (QED) is 0.672. The van der Waals surface area contributed by atoms with Crippen molar-refractivity contribution in [3.05, 3.63) is 71.8 Å². The van der Waals surface area contributed by atoms with Crippen molar-refractivity contribution in [3.63, 3.8) is 0 Å². The number of aryl methyl sites for hydroxylation is 1. The summed E-state index contributed by atoms with van der Waals surface area (Å²) in [7, 11) is -3.88. The molecule has 0 aromatic heterocycles. The first-order chi connectivity index (χ1) is 13.9. The van der Waals surface area contributed by atoms with Crippen LogP contribution in [0, 0.1) is 12.3 Å². The highest BCUT2D eigenvalue weighted by Crippen LogP contribution is 2.52. The van der Waals surface area contributed by atoms with Gasteiger partial charge in [-0.1, -0.05) is 85.9 Å². The van der Waals surface area contributed by atoms with Crippen LogP contribution in [0.25, 0.3) is 6.08 Å². The third-order valence-electron chi connectivity index (χ3n) is 6.29. The topological polar surface area (TPSA) is 54.5 Å². The van der Waals surface area contributed by atoms with Gasteiger partial charge in [0, 0.05) is 0 Å². The van der Waals surface area contributed by atoms with E-state index in [2.05, 4.69) is 0 Å². The number of amides is 1. The largest absolute Gasteiger partial charge is 0.273 e. The van der Waals surface area contributed by atoms with Crippen LogP contribution in [0.4, 0.5) is 0 Å². The molecular weight excluding hydrogens is 382 g/mol. The number of rotatable bonds is 4. The van der Waals surface area contributed by atoms with Gasteiger partial charge in [0.05, 0.1) is 16.4 Å². The normalized spacial score (nSPS) is 21.9. The maximum absolute atomic E-state index is 13.3. The van der Waals surface area contributed by atoms with Crippen LogP contribution in [0.5, 0.6) is 0 Å². The Balaban J connectivity index is 1.72. The molecule has 2 aromatic rings. The Hall–Kier alpha value is -2.40. The van der Waals surface area contributed by atoms with Gasteiger partial charge in [0.15, 0.2) is 0 Å². The van der Waals surface area contributed by atoms with Gasteiger partial charge in [0.2, 0.25) is 5.91 Å². The molecule has 0 N–H and O–H groups in total. The number of benzene rings is 2. The smallest absolute Gasteiger partial charge is 0.267 e. The van der Waals surface area contributed by atoms with E-state index in [0.717, 1.165) is 54.0 Å². The molecule has 152 valence electrons. The summed E-state index contributed by atoms with van der Waals surface area (Å²) in [6.07, 6.45) is 9.55. The Morgan fingerprint density at radius 3 is 2.17 bits per heavy atom. The van der Waals surface area contributed by atoms with E-state index in [0.29, 0.717) is 0 Å². The van der Waals surface area contributed by atoms with E-state index in [4.69, 9.17) is 0 Å². The van der Waals surface area contributed by atoms with Crippen molar-refractivity contribution in [1.29, 1.82) is 0 Å². The minimum atomic E-state index is -3.88. The first-order valence-electron chi connectivity index (χ1n) is 10.3. The first kappa shape index (κ1) is 19.9. The first-order valence-corrected chi connectivity index (χ1v) is 11.8. The summed E-state index contributed by atoms with van der Waals surface area (Å²) in [4.78, 5) is 13.5. The number of carbonyl (C=O) groups is 1. The number of nitrogens with zero attached hydrogens (tertiary/aromatic N) is 1. The van der Waals surface area contributed by atoms with Crippen LogP contribution in [0.3, 0.4) is 0 Å². The average Bonchev–Trinajstić information content (AvgIpc) is 3.00. The molecule has 4 nitrogen and oxygen atoms in total. The maximum Gasteiger partial charge on any atom is 0.267 e. The number of carbonyl (C=O) groups excluding carboxylic acids is 1. The van der Waals surface area contributed by atoms with Crippen molar-refractivity contribution < 1.29 is 13.2 Å². The molecule has 4 rings (SSSR count). The molecule has 2 fully saturated rings. The fraction of sp³-hybridized carbons (Fsp3) is 0.375. The molecule has 1 saturated carbocycles. The highest BCUT2D eigenvalue weighted by atomic mass is 32.2. The SMILES string of the molecule is Cc1ccc(S(=O)(=O)N2C(=O)C3(CCCCCC3)[C@@H]2/C=C/c2ccccc2)cc1. The molecule has 0 unspecified atom stereocenters. The van der Waals surface area contributed by atoms with Crippen molar-refractivity contribution in [2.45, 2.75) is 56.4 Å². The van der Waals surface area contributed by atoms with E-state index in [9.17, 15) is 13.2 Å². The molecule has 1 aliphatic heterocycles. The summed E-state index contributed by atoms with van der Waals surface area (Å²) < 4.78 is 27.8. The Labute approximate surface area is 173 Å². The summed E-state index contributed by atoms with van der Waals surface area (Å²) in [5, 5.41) is 0. The zero-order valence-electron chi connectivity index (χ0n) is 16.8. The average molecular weight is 410 g/mol. The minimum Gasteiger partial charge on any atom is -0.273 e. The van der Waals surface area contributed by atoms with Crippen LogP contribution in [0.1, 0.15) is 49.7 Å². The van der Waals surface area contributed by atoms with Gasteiger partial charge in [-0.25, -0.2) is 12.7 Å². The molecular formula is C24H27NO3S. The molecule has 0 bridgehead atoms. The summed E-state index contributed by atoms with van der Waals surface area (Å²) >= 11 is 0. The number of hydrogen-bond donors (Lipinski definition) is 0. The highest BCUT2D eigenvalue weighted by molar-refractivity contribution is 7.89. The van der Waals surface area contributed by atoms with E-state index in [1.54, 1.807) is 24.3 Å². The zero-order valence-corrected chi connectivity index (χ0v) is 17.6. The maximum atomic E-state index is 13.3. The predicted molar refractivity (Wildman–Crippen MR) is 115 cm³/mol. The Bertz CT molecular complexity index is 1000. The molecule has 5 heteroatoms. The fourth-order valence-corrected chi connectivity index (χ4v) is 6.29. The predicted octanol–water partition coefficient (Wildman–Crippen LogP) is 4.95. The van der Waals surface area contributed by atoms with Crippen LogP contribution in [-0.4, -0.2) is 24.7 Å². The lowest BCUT2D eigenvalue weighted by Gasteiger charge is -2.54. The molecule has 1 heterocycles. The fourth-order valence-electron chi connectivity index (χ4n) is 4.61. The molecule has 1 aliphatic carbocycles. The number of hydrogen-bond acceptors (Lipinski definition) is 3. The van der Waals surface area contributed by atoms with Crippen LogP contribution >= 0.6 is 0 Å². The standard InChI is InChI=1S/C24H27NO3S/c1-19-11-14-21(15-12-19)29(27,28)25-22(16-13-20-9-5-4-6-10-20)24(23(25)26)17-7-2-3-8-18-24/h4-6,9-16,22H,2-3,7-8,17-18H2,1H3/b16-13+/t22-/m0/s1. The summed E-state index contributed by atoms with van der Waals surface area (Å²) in [5.41, 5.74) is 1.41. The van der Waals surface area contributed by atoms with Crippen LogP contribution in [0.15, 0.2) is 65.6 Å². The van der Waals surface area contributed by atoms with E-state index in [1.807, 2.05) is 49.4 Å². The zero-order chi connectivity index (χ0) is 20.5. The van der Waals surface area contributed by atoms with Crippen molar-refractivity contribution in [1.82, 2.24) is 4.31 Å². The highest BCUT2D eigenvalue weighted by Gasteiger charge is 2.62. The lowest BCUT2D eigenvalue weighted by atomic mass is 9.67. The monoisotopic (exact) mass is 409 g/mol. The lowest BCUT2D eigenvalue weighted by Crippen LogP contribution is -2.69. The minimum absolute atomic E-state index is 0.179. The number of β-lactam (4-membered cyclic amide) rings is 1. The van der Waals surface area contributed by atoms with Crippen LogP contribution < -0.4 is 0 Å². The van der Waals surface area contributed by atoms with E-state index in [1.165, 1.54) is 0 Å². The lowest BCUT2D eigenvalue weighted by molar-refractivity contribution is -0.158. The van der Waals surface area contributed by atoms with E-state index in [-0.39, 0.29) is 10.8 Å². The second kappa shape index (κ2) is 7.79. The molecule has 29 heavy (non-hydrogen) atoms. The van der Waals surface area contributed by atoms with Gasteiger partial charge in [0.25, 0.3) is 10.0 Å². The van der Waals surface area contributed by atoms with Crippen molar-refractivity contribution in [3.8, 4) is 0 Å². The van der Waals surface area contributed by atoms with Gasteiger partial charge in [-0.2, -0.15) is 0 Å². The van der Waals surface area contributed by atoms with Crippen molar-refractivity contribution in [2.24, 2.45) is 5.41 Å². The van der Waals surface area contributed by atoms with Crippen molar-refractivity contribution >= 4 is 22.0 Å². The van der Waals surface area contributed by atoms with E-state index < -0.39 is 21.5 Å². The summed E-state index contributed by atoms with van der Waals surface area (Å²) in [6.45, 7) is 1.91. The number of sulfonamides is 1. The van der Waals surface area contributed by atoms with Gasteiger partial charge in [-0.15, -0.1) is 0 Å². The molecule has 2 aromatic carbocycles. The van der Waals surface area contributed by atoms with Crippen LogP contribution in [-0.2, 0) is 14.8 Å². The van der Waals surface area contributed by atoms with Gasteiger partial charge in [-0.05, 0) is 37.5 Å². The molecule has 1 saturated heterocycles. The second-order valence-corrected chi connectivity index (χ2v) is 10.0. The van der Waals surface area contributed by atoms with Gasteiger partial charge < -0.3 is 0 Å². The third kappa shape index (κ3) is 3.52. The third-order valence-corrected chi connectivity index (χ3v) is 8.07. The second-order valence-electron chi connectivity index (χ2n) is 8.20. The Morgan fingerprint density at radius 2 is 1.55 bits per heavy atom. The summed E-state index contributed by atoms with van der Waals surface area (Å²) in [6, 6.07) is 16.1. The molecule has 1 atom stereocenters. The molecule has 1 amide bonds. The Morgan fingerprint density at radius 1 is 0.931 bits per heavy atom. The van der Waals surface area contributed by atoms with Crippen molar-refractivity contribution in [2.75, 3.05) is 0 Å². The molecule has 2 aliphatic rings. The van der Waals surface area contributed by atoms with Crippen LogP contribution in [0.2, 0.25) is 0 Å². The molecule has 0 radical (unpaired) electrons. The van der Waals surface area contributed by atoms with Gasteiger partial charge in [-0.3, -0.25) is 4.79 Å². The van der Waals surface area contributed by atoms with Gasteiger partial charge in [0.1, 0.15) is 0 Å². The Kier molecular flexibility index (Phi) is 5.34. The summed E-state index contributed by atoms with van der Waals surface area (Å²) in [5.74, 6) is -0.234. The molecule has 1 spiro atoms. The van der Waals surface area contributed by atoms with E-state index >= 15 is 0 Å².